The fraction of sp³-hybridized carbons (Fsp3) is 0.818. The van der Waals surface area contributed by atoms with Gasteiger partial charge in [-0.15, -0.1) is 5.10 Å². The van der Waals surface area contributed by atoms with E-state index < -0.39 is 0 Å². The van der Waals surface area contributed by atoms with Gasteiger partial charge in [-0.3, -0.25) is 0 Å². The molecule has 3 nitrogen and oxygen atoms in total. The van der Waals surface area contributed by atoms with Crippen LogP contribution in [0.15, 0.2) is 5.38 Å². The third kappa shape index (κ3) is 2.55. The summed E-state index contributed by atoms with van der Waals surface area (Å²) in [5, 5.41) is 9.66. The zero-order chi connectivity index (χ0) is 10.7. The van der Waals surface area contributed by atoms with Crippen LogP contribution in [0.3, 0.4) is 0 Å². The van der Waals surface area contributed by atoms with Gasteiger partial charge in [0.15, 0.2) is 0 Å². The van der Waals surface area contributed by atoms with Gasteiger partial charge >= 0.3 is 0 Å². The van der Waals surface area contributed by atoms with Crippen LogP contribution in [0.2, 0.25) is 0 Å². The summed E-state index contributed by atoms with van der Waals surface area (Å²) in [4.78, 5) is 0. The summed E-state index contributed by atoms with van der Waals surface area (Å²) < 4.78 is 3.96. The molecule has 3 atom stereocenters. The van der Waals surface area contributed by atoms with E-state index in [4.69, 9.17) is 0 Å². The maximum Gasteiger partial charge on any atom is 0.0927 e. The lowest BCUT2D eigenvalue weighted by Crippen LogP contribution is -2.29. The molecule has 1 N–H and O–H groups in total. The third-order valence-electron chi connectivity index (χ3n) is 3.45. The van der Waals surface area contributed by atoms with Crippen LogP contribution in [-0.4, -0.2) is 16.6 Å². The zero-order valence-electron chi connectivity index (χ0n) is 9.44. The summed E-state index contributed by atoms with van der Waals surface area (Å²) in [5.74, 6) is 1.61. The Balaban J connectivity index is 2.06. The summed E-state index contributed by atoms with van der Waals surface area (Å²) >= 11 is 1.45. The molecule has 15 heavy (non-hydrogen) atoms. The Labute approximate surface area is 95.4 Å². The zero-order valence-corrected chi connectivity index (χ0v) is 10.3. The van der Waals surface area contributed by atoms with Crippen molar-refractivity contribution >= 4 is 11.5 Å². The number of nitrogens with zero attached hydrogens (tertiary/aromatic N) is 2. The highest BCUT2D eigenvalue weighted by Gasteiger charge is 2.28. The molecule has 84 valence electrons. The number of aromatic nitrogens is 2. The molecule has 1 aliphatic carbocycles. The maximum atomic E-state index is 4.19. The van der Waals surface area contributed by atoms with Crippen LogP contribution < -0.4 is 5.32 Å². The lowest BCUT2D eigenvalue weighted by molar-refractivity contribution is 0.227. The Morgan fingerprint density at radius 3 is 3.00 bits per heavy atom. The van der Waals surface area contributed by atoms with E-state index in [9.17, 15) is 0 Å². The lowest BCUT2D eigenvalue weighted by Gasteiger charge is -2.32. The van der Waals surface area contributed by atoms with E-state index in [0.717, 1.165) is 17.5 Å². The second-order valence-corrected chi connectivity index (χ2v) is 5.24. The minimum absolute atomic E-state index is 0.409. The van der Waals surface area contributed by atoms with Gasteiger partial charge in [0.2, 0.25) is 0 Å². The van der Waals surface area contributed by atoms with Crippen molar-refractivity contribution < 1.29 is 0 Å². The van der Waals surface area contributed by atoms with Crippen molar-refractivity contribution in [2.75, 3.05) is 7.05 Å². The number of hydrogen-bond donors (Lipinski definition) is 1. The summed E-state index contributed by atoms with van der Waals surface area (Å²) in [6.07, 6.45) is 5.40. The van der Waals surface area contributed by atoms with E-state index in [1.807, 2.05) is 7.05 Å². The molecular weight excluding hydrogens is 206 g/mol. The van der Waals surface area contributed by atoms with Crippen molar-refractivity contribution in [3.05, 3.63) is 11.1 Å². The van der Waals surface area contributed by atoms with Gasteiger partial charge in [-0.25, -0.2) is 0 Å². The van der Waals surface area contributed by atoms with Gasteiger partial charge in [0.05, 0.1) is 11.7 Å². The molecule has 0 spiro atoms. The molecule has 1 aromatic rings. The van der Waals surface area contributed by atoms with Gasteiger partial charge in [0.25, 0.3) is 0 Å². The Kier molecular flexibility index (Phi) is 3.70. The van der Waals surface area contributed by atoms with Crippen LogP contribution in [0.4, 0.5) is 0 Å². The standard InChI is InChI=1S/C11H19N3S/c1-8-4-3-5-9(6-8)11(12-2)10-7-15-14-13-10/h7-9,11-12H,3-6H2,1-2H3. The highest BCUT2D eigenvalue weighted by Crippen LogP contribution is 2.36. The highest BCUT2D eigenvalue weighted by molar-refractivity contribution is 7.03. The van der Waals surface area contributed by atoms with Crippen molar-refractivity contribution in [2.45, 2.75) is 38.6 Å². The predicted molar refractivity (Wildman–Crippen MR) is 62.8 cm³/mol. The minimum atomic E-state index is 0.409. The lowest BCUT2D eigenvalue weighted by atomic mass is 9.78. The van der Waals surface area contributed by atoms with Crippen molar-refractivity contribution in [2.24, 2.45) is 11.8 Å². The largest absolute Gasteiger partial charge is 0.311 e. The molecular formula is C11H19N3S. The molecule has 0 saturated heterocycles. The molecule has 1 fully saturated rings. The van der Waals surface area contributed by atoms with Gasteiger partial charge in [-0.2, -0.15) is 0 Å². The fourth-order valence-corrected chi connectivity index (χ4v) is 3.21. The average molecular weight is 225 g/mol. The first-order valence-corrected chi connectivity index (χ1v) is 6.59. The SMILES string of the molecule is CNC(c1csnn1)C1CCCC(C)C1. The Morgan fingerprint density at radius 1 is 1.53 bits per heavy atom. The van der Waals surface area contributed by atoms with E-state index in [1.165, 1.54) is 37.2 Å². The van der Waals surface area contributed by atoms with Crippen LogP contribution in [0.25, 0.3) is 0 Å². The summed E-state index contributed by atoms with van der Waals surface area (Å²) in [7, 11) is 2.03. The molecule has 0 radical (unpaired) electrons. The van der Waals surface area contributed by atoms with Gasteiger partial charge in [-0.05, 0) is 43.3 Å². The van der Waals surface area contributed by atoms with Crippen molar-refractivity contribution in [1.29, 1.82) is 0 Å². The van der Waals surface area contributed by atoms with Crippen molar-refractivity contribution in [3.8, 4) is 0 Å². The Bertz CT molecular complexity index is 286. The molecule has 0 aromatic carbocycles. The predicted octanol–water partition coefficient (Wildman–Crippen LogP) is 2.62. The first-order chi connectivity index (χ1) is 7.31. The molecule has 4 heteroatoms. The van der Waals surface area contributed by atoms with E-state index >= 15 is 0 Å². The monoisotopic (exact) mass is 225 g/mol. The number of hydrogen-bond acceptors (Lipinski definition) is 4. The first-order valence-electron chi connectivity index (χ1n) is 5.75. The van der Waals surface area contributed by atoms with Gasteiger partial charge in [0.1, 0.15) is 0 Å². The second kappa shape index (κ2) is 5.03. The van der Waals surface area contributed by atoms with E-state index in [1.54, 1.807) is 0 Å². The summed E-state index contributed by atoms with van der Waals surface area (Å²) in [6.45, 7) is 2.36. The molecule has 1 aromatic heterocycles. The van der Waals surface area contributed by atoms with Gasteiger partial charge in [0, 0.05) is 5.38 Å². The molecule has 0 aliphatic heterocycles. The molecule has 1 heterocycles. The number of rotatable bonds is 3. The highest BCUT2D eigenvalue weighted by atomic mass is 32.1. The van der Waals surface area contributed by atoms with E-state index in [2.05, 4.69) is 27.2 Å². The van der Waals surface area contributed by atoms with E-state index in [-0.39, 0.29) is 0 Å². The average Bonchev–Trinajstić information content (AvgIpc) is 2.72. The number of nitrogens with one attached hydrogen (secondary N) is 1. The van der Waals surface area contributed by atoms with Crippen LogP contribution in [0.5, 0.6) is 0 Å². The molecule has 0 bridgehead atoms. The minimum Gasteiger partial charge on any atom is -0.311 e. The van der Waals surface area contributed by atoms with Crippen LogP contribution in [0, 0.1) is 11.8 Å². The molecule has 0 amide bonds. The summed E-state index contributed by atoms with van der Waals surface area (Å²) in [6, 6.07) is 0.409. The van der Waals surface area contributed by atoms with Gasteiger partial charge < -0.3 is 5.32 Å². The van der Waals surface area contributed by atoms with Crippen LogP contribution in [0.1, 0.15) is 44.3 Å². The van der Waals surface area contributed by atoms with E-state index in [0.29, 0.717) is 6.04 Å². The molecule has 1 saturated carbocycles. The van der Waals surface area contributed by atoms with Crippen LogP contribution in [-0.2, 0) is 0 Å². The fourth-order valence-electron chi connectivity index (χ4n) is 2.72. The molecule has 2 rings (SSSR count). The maximum absolute atomic E-state index is 4.19. The Hall–Kier alpha value is -0.480. The topological polar surface area (TPSA) is 37.8 Å². The van der Waals surface area contributed by atoms with Crippen molar-refractivity contribution in [1.82, 2.24) is 14.9 Å². The van der Waals surface area contributed by atoms with Crippen LogP contribution >= 0.6 is 11.5 Å². The molecule has 3 unspecified atom stereocenters. The first kappa shape index (κ1) is 11.0. The molecule has 1 aliphatic rings. The third-order valence-corrected chi connectivity index (χ3v) is 3.98. The second-order valence-electron chi connectivity index (χ2n) is 4.63. The summed E-state index contributed by atoms with van der Waals surface area (Å²) in [5.41, 5.74) is 1.13. The quantitative estimate of drug-likeness (QED) is 0.859. The Morgan fingerprint density at radius 2 is 2.40 bits per heavy atom. The van der Waals surface area contributed by atoms with Crippen molar-refractivity contribution in [3.63, 3.8) is 0 Å². The van der Waals surface area contributed by atoms with Gasteiger partial charge in [-0.1, -0.05) is 24.3 Å². The smallest absolute Gasteiger partial charge is 0.0927 e. The normalized spacial score (nSPS) is 28.9.